The van der Waals surface area contributed by atoms with Gasteiger partial charge in [0.1, 0.15) is 23.2 Å². The number of carboxylic acid groups (broad SMARTS) is 1. The van der Waals surface area contributed by atoms with Crippen molar-refractivity contribution >= 4 is 29.3 Å². The third kappa shape index (κ3) is 5.53. The second-order valence-corrected chi connectivity index (χ2v) is 7.49. The first-order valence-corrected chi connectivity index (χ1v) is 9.53. The molecule has 2 aromatic carbocycles. The number of hydrogen-bond donors (Lipinski definition) is 1. The van der Waals surface area contributed by atoms with E-state index in [4.69, 9.17) is 14.0 Å². The van der Waals surface area contributed by atoms with Crippen LogP contribution in [0.15, 0.2) is 53.4 Å². The molecule has 0 aliphatic rings. The van der Waals surface area contributed by atoms with Gasteiger partial charge >= 0.3 is 5.97 Å². The molecule has 0 saturated carbocycles. The van der Waals surface area contributed by atoms with Crippen LogP contribution in [0.2, 0.25) is 0 Å². The van der Waals surface area contributed by atoms with Gasteiger partial charge < -0.3 is 9.84 Å². The van der Waals surface area contributed by atoms with Crippen LogP contribution in [0.3, 0.4) is 0 Å². The van der Waals surface area contributed by atoms with Crippen molar-refractivity contribution in [2.24, 2.45) is 0 Å². The molecule has 0 amide bonds. The van der Waals surface area contributed by atoms with E-state index in [-0.39, 0.29) is 12.4 Å². The molecule has 0 aliphatic carbocycles. The Morgan fingerprint density at radius 3 is 2.56 bits per heavy atom. The summed E-state index contributed by atoms with van der Waals surface area (Å²) < 4.78 is 23.8. The van der Waals surface area contributed by atoms with Crippen LogP contribution < -0.4 is 4.74 Å². The molecule has 1 aromatic heterocycles. The number of rotatable bonds is 8. The van der Waals surface area contributed by atoms with Crippen LogP contribution in [0.4, 0.5) is 4.39 Å². The largest absolute Gasteiger partial charge is 0.488 e. The van der Waals surface area contributed by atoms with Gasteiger partial charge in [-0.15, -0.1) is 11.3 Å². The number of benzene rings is 2. The van der Waals surface area contributed by atoms with E-state index in [0.717, 1.165) is 38.1 Å². The summed E-state index contributed by atoms with van der Waals surface area (Å²) in [5, 5.41) is 9.37. The number of aromatic nitrogens is 1. The van der Waals surface area contributed by atoms with Crippen molar-refractivity contribution in [3.63, 3.8) is 0 Å². The zero-order valence-corrected chi connectivity index (χ0v) is 16.0. The van der Waals surface area contributed by atoms with Crippen LogP contribution in [0.5, 0.6) is 5.75 Å². The number of ether oxygens (including phenoxy) is 1. The van der Waals surface area contributed by atoms with E-state index in [1.54, 1.807) is 36.4 Å². The minimum atomic E-state index is -1.01. The molecule has 0 radical (unpaired) electrons. The zero-order chi connectivity index (χ0) is 19.2. The smallest absolute Gasteiger partial charge is 0.331 e. The van der Waals surface area contributed by atoms with Crippen LogP contribution in [0.25, 0.3) is 10.6 Å². The van der Waals surface area contributed by atoms with Gasteiger partial charge in [-0.05, 0) is 55.5 Å². The predicted molar refractivity (Wildman–Crippen MR) is 102 cm³/mol. The molecular weight excluding hydrogens is 389 g/mol. The van der Waals surface area contributed by atoms with Crippen LogP contribution >= 0.6 is 23.4 Å². The summed E-state index contributed by atoms with van der Waals surface area (Å²) in [4.78, 5) is 16.7. The Hall–Kier alpha value is -2.42. The Balaban J connectivity index is 1.58. The van der Waals surface area contributed by atoms with Crippen molar-refractivity contribution in [2.45, 2.75) is 18.4 Å². The third-order valence-electron chi connectivity index (χ3n) is 3.52. The van der Waals surface area contributed by atoms with Gasteiger partial charge in [0.2, 0.25) is 0 Å². The molecule has 0 spiro atoms. The third-order valence-corrected chi connectivity index (χ3v) is 5.40. The lowest BCUT2D eigenvalue weighted by atomic mass is 10.2. The number of aryl methyl sites for hydroxylation is 1. The predicted octanol–water partition coefficient (Wildman–Crippen LogP) is 4.94. The zero-order valence-electron chi connectivity index (χ0n) is 14.3. The summed E-state index contributed by atoms with van der Waals surface area (Å²) in [7, 11) is 0. The van der Waals surface area contributed by atoms with Crippen LogP contribution in [-0.2, 0) is 15.6 Å². The Morgan fingerprint density at radius 2 is 1.89 bits per heavy atom. The number of carboxylic acids is 1. The van der Waals surface area contributed by atoms with Gasteiger partial charge in [-0.3, -0.25) is 4.18 Å². The number of carbonyl (C=O) groups is 1. The molecule has 140 valence electrons. The van der Waals surface area contributed by atoms with Gasteiger partial charge in [-0.2, -0.15) is 0 Å². The highest BCUT2D eigenvalue weighted by molar-refractivity contribution is 7.94. The van der Waals surface area contributed by atoms with Crippen LogP contribution in [0.1, 0.15) is 10.6 Å². The number of thiazole rings is 1. The van der Waals surface area contributed by atoms with E-state index >= 15 is 0 Å². The van der Waals surface area contributed by atoms with E-state index in [2.05, 4.69) is 4.98 Å². The fourth-order valence-electron chi connectivity index (χ4n) is 2.17. The first-order valence-electron chi connectivity index (χ1n) is 7.97. The lowest BCUT2D eigenvalue weighted by molar-refractivity contribution is -0.138. The highest BCUT2D eigenvalue weighted by Gasteiger charge is 2.10. The molecule has 1 heterocycles. The first kappa shape index (κ1) is 19.3. The monoisotopic (exact) mass is 405 g/mol. The summed E-state index contributed by atoms with van der Waals surface area (Å²) in [5.74, 6) is -0.596. The number of nitrogens with zero attached hydrogens (tertiary/aromatic N) is 1. The molecule has 0 fully saturated rings. The van der Waals surface area contributed by atoms with Gasteiger partial charge in [0.25, 0.3) is 0 Å². The molecule has 0 atom stereocenters. The number of halogens is 1. The molecule has 0 bridgehead atoms. The highest BCUT2D eigenvalue weighted by atomic mass is 32.2. The second kappa shape index (κ2) is 8.98. The van der Waals surface area contributed by atoms with Crippen molar-refractivity contribution in [1.82, 2.24) is 4.98 Å². The minimum Gasteiger partial charge on any atom is -0.488 e. The summed E-state index contributed by atoms with van der Waals surface area (Å²) in [6, 6.07) is 13.4. The minimum absolute atomic E-state index is 0.273. The van der Waals surface area contributed by atoms with E-state index in [0.29, 0.717) is 12.4 Å². The fourth-order valence-corrected chi connectivity index (χ4v) is 3.69. The van der Waals surface area contributed by atoms with Crippen molar-refractivity contribution in [3.8, 4) is 16.3 Å². The lowest BCUT2D eigenvalue weighted by Crippen LogP contribution is -2.02. The van der Waals surface area contributed by atoms with Gasteiger partial charge in [-0.25, -0.2) is 14.2 Å². The lowest BCUT2D eigenvalue weighted by Gasteiger charge is -2.06. The standard InChI is InChI=1S/C19H16FNO4S2/c1-12-17(26-19(21-12)13-2-4-14(20)5-3-13)10-24-15-6-8-16(9-7-15)27-25-11-18(22)23/h2-9H,10-11H2,1H3,(H,22,23). The molecule has 0 saturated heterocycles. The maximum atomic E-state index is 13.1. The molecule has 0 unspecified atom stereocenters. The van der Waals surface area contributed by atoms with E-state index in [1.165, 1.54) is 23.5 Å². The SMILES string of the molecule is Cc1nc(-c2ccc(F)cc2)sc1COc1ccc(SOCC(=O)O)cc1. The Kier molecular flexibility index (Phi) is 6.44. The average molecular weight is 405 g/mol. The molecule has 1 N–H and O–H groups in total. The Morgan fingerprint density at radius 1 is 1.19 bits per heavy atom. The van der Waals surface area contributed by atoms with E-state index in [9.17, 15) is 9.18 Å². The van der Waals surface area contributed by atoms with Crippen molar-refractivity contribution in [1.29, 1.82) is 0 Å². The van der Waals surface area contributed by atoms with Crippen molar-refractivity contribution < 1.29 is 23.2 Å². The summed E-state index contributed by atoms with van der Waals surface area (Å²) in [6.45, 7) is 1.94. The molecule has 3 rings (SSSR count). The fraction of sp³-hybridized carbons (Fsp3) is 0.158. The normalized spacial score (nSPS) is 10.7. The maximum absolute atomic E-state index is 13.1. The maximum Gasteiger partial charge on any atom is 0.331 e. The van der Waals surface area contributed by atoms with Gasteiger partial charge in [-0.1, -0.05) is 0 Å². The van der Waals surface area contributed by atoms with Crippen molar-refractivity contribution in [3.05, 3.63) is 64.9 Å². The molecule has 0 aliphatic heterocycles. The van der Waals surface area contributed by atoms with Gasteiger partial charge in [0.15, 0.2) is 6.61 Å². The quantitative estimate of drug-likeness (QED) is 0.535. The summed E-state index contributed by atoms with van der Waals surface area (Å²) in [5.41, 5.74) is 1.76. The van der Waals surface area contributed by atoms with Gasteiger partial charge in [0.05, 0.1) is 10.6 Å². The topological polar surface area (TPSA) is 68.7 Å². The Labute approximate surface area is 164 Å². The number of hydrogen-bond acceptors (Lipinski definition) is 6. The average Bonchev–Trinajstić information content (AvgIpc) is 3.02. The summed E-state index contributed by atoms with van der Waals surface area (Å²) >= 11 is 2.52. The molecule has 27 heavy (non-hydrogen) atoms. The van der Waals surface area contributed by atoms with Gasteiger partial charge in [0, 0.05) is 22.5 Å². The first-order chi connectivity index (χ1) is 13.0. The van der Waals surface area contributed by atoms with Crippen molar-refractivity contribution in [2.75, 3.05) is 6.61 Å². The second-order valence-electron chi connectivity index (χ2n) is 5.53. The molecular formula is C19H16FNO4S2. The molecule has 8 heteroatoms. The highest BCUT2D eigenvalue weighted by Crippen LogP contribution is 2.29. The van der Waals surface area contributed by atoms with Crippen LogP contribution in [0, 0.1) is 12.7 Å². The van der Waals surface area contributed by atoms with E-state index in [1.807, 2.05) is 6.92 Å². The summed E-state index contributed by atoms with van der Waals surface area (Å²) in [6.07, 6.45) is 0. The number of aliphatic carboxylic acids is 1. The molecule has 3 aromatic rings. The van der Waals surface area contributed by atoms with E-state index < -0.39 is 5.97 Å². The molecule has 5 nitrogen and oxygen atoms in total. The van der Waals surface area contributed by atoms with Crippen LogP contribution in [-0.4, -0.2) is 22.7 Å². The Bertz CT molecular complexity index is 910.